The van der Waals surface area contributed by atoms with Gasteiger partial charge >= 0.3 is 0 Å². The topological polar surface area (TPSA) is 64.0 Å². The van der Waals surface area contributed by atoms with Gasteiger partial charge in [-0.3, -0.25) is 9.40 Å². The van der Waals surface area contributed by atoms with Crippen molar-refractivity contribution >= 4 is 27.0 Å². The molecule has 0 fully saturated rings. The zero-order valence-electron chi connectivity index (χ0n) is 15.8. The molecule has 0 atom stereocenters. The second-order valence-corrected chi connectivity index (χ2v) is 9.40. The molecule has 0 aliphatic carbocycles. The molecule has 1 N–H and O–H groups in total. The Morgan fingerprint density at radius 2 is 1.93 bits per heavy atom. The van der Waals surface area contributed by atoms with Gasteiger partial charge in [0.05, 0.1) is 4.88 Å². The lowest BCUT2D eigenvalue weighted by Gasteiger charge is -2.08. The molecule has 0 aliphatic heterocycles. The number of anilines is 1. The van der Waals surface area contributed by atoms with Crippen LogP contribution in [0.15, 0.2) is 52.9 Å². The molecule has 0 aliphatic rings. The van der Waals surface area contributed by atoms with E-state index in [-0.39, 0.29) is 10.9 Å². The summed E-state index contributed by atoms with van der Waals surface area (Å²) in [6.45, 7) is 6.11. The van der Waals surface area contributed by atoms with Gasteiger partial charge < -0.3 is 0 Å². The minimum Gasteiger partial charge on any atom is -0.280 e. The number of sulfonamides is 1. The van der Waals surface area contributed by atoms with E-state index in [0.29, 0.717) is 11.4 Å². The van der Waals surface area contributed by atoms with Gasteiger partial charge in [0.25, 0.3) is 10.0 Å². The maximum atomic E-state index is 13.1. The molecule has 5 nitrogen and oxygen atoms in total. The van der Waals surface area contributed by atoms with Gasteiger partial charge in [-0.15, -0.1) is 11.3 Å². The van der Waals surface area contributed by atoms with Crippen molar-refractivity contribution in [2.75, 3.05) is 4.72 Å². The van der Waals surface area contributed by atoms with E-state index in [2.05, 4.69) is 16.7 Å². The van der Waals surface area contributed by atoms with E-state index in [9.17, 15) is 8.42 Å². The predicted molar refractivity (Wildman–Crippen MR) is 112 cm³/mol. The van der Waals surface area contributed by atoms with Crippen molar-refractivity contribution < 1.29 is 8.42 Å². The Labute approximate surface area is 165 Å². The SMILES string of the molecule is CCCCc1ccc(NS(=O)(=O)c2cn(C(C)C)nc2-c2cccs2)cc1. The van der Waals surface area contributed by atoms with Crippen LogP contribution in [-0.4, -0.2) is 18.2 Å². The molecule has 0 amide bonds. The number of aromatic nitrogens is 2. The quantitative estimate of drug-likeness (QED) is 0.552. The maximum absolute atomic E-state index is 13.1. The van der Waals surface area contributed by atoms with Gasteiger partial charge in [0.1, 0.15) is 10.6 Å². The van der Waals surface area contributed by atoms with Gasteiger partial charge in [0, 0.05) is 17.9 Å². The molecule has 27 heavy (non-hydrogen) atoms. The summed E-state index contributed by atoms with van der Waals surface area (Å²) in [6, 6.07) is 11.5. The van der Waals surface area contributed by atoms with Crippen molar-refractivity contribution in [2.24, 2.45) is 0 Å². The Morgan fingerprint density at radius 3 is 2.52 bits per heavy atom. The largest absolute Gasteiger partial charge is 0.280 e. The van der Waals surface area contributed by atoms with Crippen LogP contribution in [0, 0.1) is 0 Å². The fourth-order valence-corrected chi connectivity index (χ4v) is 4.75. The van der Waals surface area contributed by atoms with Crippen molar-refractivity contribution in [3.63, 3.8) is 0 Å². The first-order chi connectivity index (χ1) is 12.9. The molecule has 3 rings (SSSR count). The van der Waals surface area contributed by atoms with Crippen LogP contribution < -0.4 is 4.72 Å². The minimum absolute atomic E-state index is 0.0745. The summed E-state index contributed by atoms with van der Waals surface area (Å²) in [7, 11) is -3.74. The molecule has 0 bridgehead atoms. The fourth-order valence-electron chi connectivity index (χ4n) is 2.75. The lowest BCUT2D eigenvalue weighted by molar-refractivity contribution is 0.532. The first-order valence-corrected chi connectivity index (χ1v) is 11.5. The predicted octanol–water partition coefficient (Wildman–Crippen LogP) is 5.34. The third-order valence-corrected chi connectivity index (χ3v) is 6.56. The number of aryl methyl sites for hydroxylation is 1. The molecule has 144 valence electrons. The Kier molecular flexibility index (Phi) is 6.01. The van der Waals surface area contributed by atoms with Gasteiger partial charge in [-0.25, -0.2) is 8.42 Å². The number of hydrogen-bond donors (Lipinski definition) is 1. The lowest BCUT2D eigenvalue weighted by atomic mass is 10.1. The summed E-state index contributed by atoms with van der Waals surface area (Å²) in [5, 5.41) is 6.44. The normalized spacial score (nSPS) is 11.9. The summed E-state index contributed by atoms with van der Waals surface area (Å²) in [6.07, 6.45) is 4.88. The van der Waals surface area contributed by atoms with E-state index in [4.69, 9.17) is 0 Å². The van der Waals surface area contributed by atoms with Gasteiger partial charge in [0.15, 0.2) is 0 Å². The van der Waals surface area contributed by atoms with Gasteiger partial charge in [-0.2, -0.15) is 5.10 Å². The molecule has 7 heteroatoms. The van der Waals surface area contributed by atoms with Crippen molar-refractivity contribution in [3.8, 4) is 10.6 Å². The molecule has 2 aromatic heterocycles. The van der Waals surface area contributed by atoms with Crippen LogP contribution in [0.4, 0.5) is 5.69 Å². The summed E-state index contributed by atoms with van der Waals surface area (Å²) in [4.78, 5) is 1.04. The summed E-state index contributed by atoms with van der Waals surface area (Å²) in [5.74, 6) is 0. The molecule has 0 unspecified atom stereocenters. The second kappa shape index (κ2) is 8.27. The average molecular weight is 404 g/mol. The molecule has 2 heterocycles. The molecule has 0 spiro atoms. The molecular weight excluding hydrogens is 378 g/mol. The van der Waals surface area contributed by atoms with E-state index in [1.54, 1.807) is 10.9 Å². The van der Waals surface area contributed by atoms with E-state index in [1.165, 1.54) is 16.9 Å². The van der Waals surface area contributed by atoms with Crippen molar-refractivity contribution in [1.82, 2.24) is 9.78 Å². The number of hydrogen-bond acceptors (Lipinski definition) is 4. The highest BCUT2D eigenvalue weighted by Gasteiger charge is 2.25. The van der Waals surface area contributed by atoms with Crippen molar-refractivity contribution in [1.29, 1.82) is 0 Å². The monoisotopic (exact) mass is 403 g/mol. The van der Waals surface area contributed by atoms with Crippen molar-refractivity contribution in [3.05, 3.63) is 53.5 Å². The highest BCUT2D eigenvalue weighted by Crippen LogP contribution is 2.31. The van der Waals surface area contributed by atoms with Crippen molar-refractivity contribution in [2.45, 2.75) is 51.0 Å². The van der Waals surface area contributed by atoms with Crippen LogP contribution in [0.5, 0.6) is 0 Å². The van der Waals surface area contributed by atoms with Crippen LogP contribution in [0.2, 0.25) is 0 Å². The van der Waals surface area contributed by atoms with E-state index >= 15 is 0 Å². The molecule has 1 aromatic carbocycles. The van der Waals surface area contributed by atoms with Crippen LogP contribution in [0.1, 0.15) is 45.2 Å². The lowest BCUT2D eigenvalue weighted by Crippen LogP contribution is -2.13. The number of nitrogens with one attached hydrogen (secondary N) is 1. The van der Waals surface area contributed by atoms with E-state index in [0.717, 1.165) is 24.1 Å². The third kappa shape index (κ3) is 4.59. The smallest absolute Gasteiger partial charge is 0.265 e. The Balaban J connectivity index is 1.90. The molecular formula is C20H25N3O2S2. The fraction of sp³-hybridized carbons (Fsp3) is 0.350. The number of thiophene rings is 1. The average Bonchev–Trinajstić information content (AvgIpc) is 3.30. The van der Waals surface area contributed by atoms with Gasteiger partial charge in [-0.05, 0) is 55.8 Å². The minimum atomic E-state index is -3.74. The number of benzene rings is 1. The highest BCUT2D eigenvalue weighted by atomic mass is 32.2. The summed E-state index contributed by atoms with van der Waals surface area (Å²) in [5.41, 5.74) is 2.27. The van der Waals surface area contributed by atoms with Crippen LogP contribution >= 0.6 is 11.3 Å². The van der Waals surface area contributed by atoms with Crippen LogP contribution in [-0.2, 0) is 16.4 Å². The zero-order valence-corrected chi connectivity index (χ0v) is 17.5. The Hall–Kier alpha value is -2.12. The number of nitrogens with zero attached hydrogens (tertiary/aromatic N) is 2. The van der Waals surface area contributed by atoms with Crippen LogP contribution in [0.25, 0.3) is 10.6 Å². The second-order valence-electron chi connectivity index (χ2n) is 6.80. The Bertz CT molecular complexity index is 973. The third-order valence-electron chi connectivity index (χ3n) is 4.30. The molecule has 0 saturated heterocycles. The van der Waals surface area contributed by atoms with E-state index in [1.807, 2.05) is 55.6 Å². The zero-order chi connectivity index (χ0) is 19.4. The summed E-state index contributed by atoms with van der Waals surface area (Å²) < 4.78 is 30.5. The molecule has 0 saturated carbocycles. The van der Waals surface area contributed by atoms with Gasteiger partial charge in [0.2, 0.25) is 0 Å². The maximum Gasteiger partial charge on any atom is 0.265 e. The first-order valence-electron chi connectivity index (χ1n) is 9.15. The number of rotatable bonds is 8. The first kappa shape index (κ1) is 19.6. The Morgan fingerprint density at radius 1 is 1.19 bits per heavy atom. The molecule has 0 radical (unpaired) electrons. The molecule has 3 aromatic rings. The van der Waals surface area contributed by atoms with Gasteiger partial charge in [-0.1, -0.05) is 31.5 Å². The van der Waals surface area contributed by atoms with E-state index < -0.39 is 10.0 Å². The van der Waals surface area contributed by atoms with Crippen LogP contribution in [0.3, 0.4) is 0 Å². The summed E-state index contributed by atoms with van der Waals surface area (Å²) >= 11 is 1.48. The highest BCUT2D eigenvalue weighted by molar-refractivity contribution is 7.92. The standard InChI is InChI=1S/C20H25N3O2S2/c1-4-5-7-16-9-11-17(12-10-16)22-27(24,25)19-14-23(15(2)3)21-20(19)18-8-6-13-26-18/h6,8-15,22H,4-5,7H2,1-3H3. The number of unbranched alkanes of at least 4 members (excludes halogenated alkanes) is 1.